The lowest BCUT2D eigenvalue weighted by Crippen LogP contribution is -1.89. The molecule has 8 rings (SSSR count). The van der Waals surface area contributed by atoms with Crippen molar-refractivity contribution in [1.29, 1.82) is 0 Å². The van der Waals surface area contributed by atoms with Gasteiger partial charge in [0.25, 0.3) is 0 Å². The van der Waals surface area contributed by atoms with Crippen LogP contribution in [0.4, 0.5) is 0 Å². The summed E-state index contributed by atoms with van der Waals surface area (Å²) in [4.78, 5) is 0. The van der Waals surface area contributed by atoms with E-state index in [1.807, 2.05) is 18.2 Å². The Morgan fingerprint density at radius 1 is 0.361 bits per heavy atom. The normalized spacial score (nSPS) is 11.9. The van der Waals surface area contributed by atoms with Gasteiger partial charge in [0.2, 0.25) is 0 Å². The van der Waals surface area contributed by atoms with Crippen LogP contribution >= 0.6 is 0 Å². The van der Waals surface area contributed by atoms with E-state index in [2.05, 4.69) is 103 Å². The van der Waals surface area contributed by atoms with Crippen LogP contribution in [0.2, 0.25) is 0 Å². The molecule has 2 nitrogen and oxygen atoms in total. The van der Waals surface area contributed by atoms with Crippen LogP contribution in [0.15, 0.2) is 130 Å². The van der Waals surface area contributed by atoms with Crippen molar-refractivity contribution in [2.24, 2.45) is 0 Å². The largest absolute Gasteiger partial charge is 0.456 e. The van der Waals surface area contributed by atoms with Crippen LogP contribution in [0.3, 0.4) is 0 Å². The van der Waals surface area contributed by atoms with Gasteiger partial charge in [-0.05, 0) is 50.9 Å². The average molecular weight is 461 g/mol. The Hall–Kier alpha value is -4.82. The van der Waals surface area contributed by atoms with Crippen molar-refractivity contribution in [3.63, 3.8) is 0 Å². The second-order valence-electron chi connectivity index (χ2n) is 9.30. The highest BCUT2D eigenvalue weighted by atomic mass is 16.3. The molecule has 0 atom stereocenters. The molecule has 0 saturated carbocycles. The third kappa shape index (κ3) is 2.73. The van der Waals surface area contributed by atoms with Crippen LogP contribution in [0.5, 0.6) is 0 Å². The molecule has 0 aliphatic carbocycles. The smallest absolute Gasteiger partial charge is 0.139 e. The predicted molar refractivity (Wildman–Crippen MR) is 149 cm³/mol. The standard InChI is InChI=1S/C34H20O2/c1-2-10-21(11-3-1)33-24-13-4-6-15-26(24)34(27-16-7-5-14-25(27)33)32-19-22-18-28-23-12-8-9-17-29(23)35-31(28)20-30(22)36-32/h1-20H. The molecular formula is C34H20O2. The zero-order valence-electron chi connectivity index (χ0n) is 19.4. The van der Waals surface area contributed by atoms with Gasteiger partial charge in [-0.3, -0.25) is 0 Å². The third-order valence-corrected chi connectivity index (χ3v) is 7.26. The summed E-state index contributed by atoms with van der Waals surface area (Å²) in [5.41, 5.74) is 6.17. The van der Waals surface area contributed by atoms with Crippen LogP contribution in [0.1, 0.15) is 0 Å². The molecule has 36 heavy (non-hydrogen) atoms. The molecule has 2 aromatic heterocycles. The van der Waals surface area contributed by atoms with Crippen molar-refractivity contribution in [2.75, 3.05) is 0 Å². The minimum atomic E-state index is 0.830. The number of benzene rings is 6. The molecule has 2 heteroatoms. The van der Waals surface area contributed by atoms with Crippen LogP contribution in [-0.4, -0.2) is 0 Å². The van der Waals surface area contributed by atoms with E-state index in [1.54, 1.807) is 0 Å². The Kier molecular flexibility index (Phi) is 3.97. The van der Waals surface area contributed by atoms with E-state index in [9.17, 15) is 0 Å². The average Bonchev–Trinajstić information content (AvgIpc) is 3.51. The van der Waals surface area contributed by atoms with Gasteiger partial charge >= 0.3 is 0 Å². The fourth-order valence-electron chi connectivity index (χ4n) is 5.69. The molecule has 0 N–H and O–H groups in total. The lowest BCUT2D eigenvalue weighted by Gasteiger charge is -2.16. The minimum absolute atomic E-state index is 0.830. The van der Waals surface area contributed by atoms with Crippen molar-refractivity contribution < 1.29 is 8.83 Å². The van der Waals surface area contributed by atoms with E-state index in [0.29, 0.717) is 0 Å². The molecule has 8 aromatic rings. The van der Waals surface area contributed by atoms with Gasteiger partial charge in [-0.15, -0.1) is 0 Å². The number of hydrogen-bond donors (Lipinski definition) is 0. The topological polar surface area (TPSA) is 26.3 Å². The first-order valence-electron chi connectivity index (χ1n) is 12.2. The lowest BCUT2D eigenvalue weighted by molar-refractivity contribution is 0.629. The number of para-hydroxylation sites is 1. The van der Waals surface area contributed by atoms with Gasteiger partial charge < -0.3 is 8.83 Å². The van der Waals surface area contributed by atoms with Crippen molar-refractivity contribution in [3.05, 3.63) is 121 Å². The molecule has 2 heterocycles. The quantitative estimate of drug-likeness (QED) is 0.240. The maximum atomic E-state index is 6.56. The fraction of sp³-hybridized carbons (Fsp3) is 0. The first kappa shape index (κ1) is 19.5. The summed E-state index contributed by atoms with van der Waals surface area (Å²) in [5, 5.41) is 8.12. The second kappa shape index (κ2) is 7.34. The number of hydrogen-bond acceptors (Lipinski definition) is 2. The summed E-state index contributed by atoms with van der Waals surface area (Å²) in [7, 11) is 0. The van der Waals surface area contributed by atoms with Gasteiger partial charge in [0.05, 0.1) is 0 Å². The molecule has 0 bridgehead atoms. The van der Waals surface area contributed by atoms with Crippen molar-refractivity contribution >= 4 is 54.5 Å². The van der Waals surface area contributed by atoms with E-state index in [1.165, 1.54) is 32.7 Å². The molecule has 0 aliphatic rings. The Morgan fingerprint density at radius 2 is 0.944 bits per heavy atom. The van der Waals surface area contributed by atoms with Gasteiger partial charge in [0, 0.05) is 27.8 Å². The first-order chi connectivity index (χ1) is 17.8. The third-order valence-electron chi connectivity index (χ3n) is 7.26. The molecule has 0 radical (unpaired) electrons. The SMILES string of the molecule is c1ccc(-c2c3ccccc3c(-c3cc4cc5c(cc4o3)oc3ccccc35)c3ccccc23)cc1. The van der Waals surface area contributed by atoms with E-state index in [4.69, 9.17) is 8.83 Å². The lowest BCUT2D eigenvalue weighted by atomic mass is 9.87. The van der Waals surface area contributed by atoms with Crippen LogP contribution in [0, 0.1) is 0 Å². The molecular weight excluding hydrogens is 440 g/mol. The number of rotatable bonds is 2. The summed E-state index contributed by atoms with van der Waals surface area (Å²) in [5.74, 6) is 0.869. The Morgan fingerprint density at radius 3 is 1.64 bits per heavy atom. The summed E-state index contributed by atoms with van der Waals surface area (Å²) < 4.78 is 12.7. The highest BCUT2D eigenvalue weighted by Crippen LogP contribution is 2.45. The van der Waals surface area contributed by atoms with Gasteiger partial charge in [-0.25, -0.2) is 0 Å². The van der Waals surface area contributed by atoms with Gasteiger partial charge in [0.1, 0.15) is 22.5 Å². The van der Waals surface area contributed by atoms with E-state index < -0.39 is 0 Å². The van der Waals surface area contributed by atoms with Crippen molar-refractivity contribution in [1.82, 2.24) is 0 Å². The zero-order chi connectivity index (χ0) is 23.6. The molecule has 0 amide bonds. The monoisotopic (exact) mass is 460 g/mol. The molecule has 0 aliphatic heterocycles. The molecule has 168 valence electrons. The van der Waals surface area contributed by atoms with E-state index >= 15 is 0 Å². The minimum Gasteiger partial charge on any atom is -0.456 e. The Balaban J connectivity index is 1.46. The summed E-state index contributed by atoms with van der Waals surface area (Å²) in [6, 6.07) is 42.5. The van der Waals surface area contributed by atoms with Crippen LogP contribution in [0.25, 0.3) is 76.9 Å². The highest BCUT2D eigenvalue weighted by molar-refractivity contribution is 6.21. The molecule has 0 saturated heterocycles. The van der Waals surface area contributed by atoms with E-state index in [-0.39, 0.29) is 0 Å². The summed E-state index contributed by atoms with van der Waals surface area (Å²) in [6.45, 7) is 0. The molecule has 0 spiro atoms. The van der Waals surface area contributed by atoms with Gasteiger partial charge in [-0.1, -0.05) is 97.1 Å². The summed E-state index contributed by atoms with van der Waals surface area (Å²) >= 11 is 0. The Bertz CT molecular complexity index is 2030. The number of fused-ring (bicyclic) bond motifs is 6. The maximum absolute atomic E-state index is 6.56. The maximum Gasteiger partial charge on any atom is 0.139 e. The Labute approximate surface area is 207 Å². The molecule has 0 fully saturated rings. The zero-order valence-corrected chi connectivity index (χ0v) is 19.4. The first-order valence-corrected chi connectivity index (χ1v) is 12.2. The van der Waals surface area contributed by atoms with E-state index in [0.717, 1.165) is 44.2 Å². The van der Waals surface area contributed by atoms with Crippen molar-refractivity contribution in [2.45, 2.75) is 0 Å². The predicted octanol–water partition coefficient (Wildman–Crippen LogP) is 9.97. The summed E-state index contributed by atoms with van der Waals surface area (Å²) in [6.07, 6.45) is 0. The second-order valence-corrected chi connectivity index (χ2v) is 9.30. The number of furan rings is 2. The highest BCUT2D eigenvalue weighted by Gasteiger charge is 2.19. The van der Waals surface area contributed by atoms with Crippen molar-refractivity contribution in [3.8, 4) is 22.5 Å². The molecule has 0 unspecified atom stereocenters. The van der Waals surface area contributed by atoms with Gasteiger partial charge in [0.15, 0.2) is 0 Å². The molecule has 6 aromatic carbocycles. The van der Waals surface area contributed by atoms with Crippen LogP contribution in [-0.2, 0) is 0 Å². The van der Waals surface area contributed by atoms with Gasteiger partial charge in [-0.2, -0.15) is 0 Å². The van der Waals surface area contributed by atoms with Crippen LogP contribution < -0.4 is 0 Å². The fourth-order valence-corrected chi connectivity index (χ4v) is 5.69.